The van der Waals surface area contributed by atoms with Crippen LogP contribution in [0.15, 0.2) is 59.7 Å². The van der Waals surface area contributed by atoms with Crippen LogP contribution >= 0.6 is 0 Å². The third-order valence-electron chi connectivity index (χ3n) is 3.83. The van der Waals surface area contributed by atoms with E-state index in [-0.39, 0.29) is 11.4 Å². The molecule has 0 saturated heterocycles. The molecule has 0 amide bonds. The predicted octanol–water partition coefficient (Wildman–Crippen LogP) is 2.13. The van der Waals surface area contributed by atoms with E-state index < -0.39 is 4.92 Å². The number of nitro groups is 1. The zero-order valence-corrected chi connectivity index (χ0v) is 13.6. The Morgan fingerprint density at radius 1 is 1.12 bits per heavy atom. The Morgan fingerprint density at radius 2 is 1.80 bits per heavy atom. The fraction of sp³-hybridized carbons (Fsp3) is 0.176. The molecular weight excluding hydrogens is 322 g/mol. The first-order valence-corrected chi connectivity index (χ1v) is 7.73. The molecular formula is C17H17N5O3. The Balaban J connectivity index is 1.58. The Kier molecular flexibility index (Phi) is 4.60. The molecule has 2 aromatic carbocycles. The maximum Gasteiger partial charge on any atom is 0.350 e. The van der Waals surface area contributed by atoms with E-state index in [9.17, 15) is 14.9 Å². The molecule has 0 radical (unpaired) electrons. The van der Waals surface area contributed by atoms with E-state index in [1.54, 1.807) is 19.2 Å². The van der Waals surface area contributed by atoms with Crippen molar-refractivity contribution in [2.24, 2.45) is 7.05 Å². The van der Waals surface area contributed by atoms with E-state index in [1.807, 2.05) is 24.3 Å². The number of hydrogen-bond acceptors (Lipinski definition) is 5. The molecule has 0 aliphatic heterocycles. The van der Waals surface area contributed by atoms with Gasteiger partial charge in [0.05, 0.1) is 10.6 Å². The summed E-state index contributed by atoms with van der Waals surface area (Å²) in [4.78, 5) is 22.1. The van der Waals surface area contributed by atoms with Crippen LogP contribution < -0.4 is 11.0 Å². The van der Waals surface area contributed by atoms with Crippen molar-refractivity contribution in [3.63, 3.8) is 0 Å². The van der Waals surface area contributed by atoms with Gasteiger partial charge in [-0.25, -0.2) is 4.79 Å². The summed E-state index contributed by atoms with van der Waals surface area (Å²) >= 11 is 0. The van der Waals surface area contributed by atoms with Crippen LogP contribution in [0.25, 0.3) is 5.69 Å². The molecule has 0 unspecified atom stereocenters. The maximum atomic E-state index is 11.9. The first-order valence-electron chi connectivity index (χ1n) is 7.73. The highest BCUT2D eigenvalue weighted by Crippen LogP contribution is 2.14. The van der Waals surface area contributed by atoms with Gasteiger partial charge in [-0.05, 0) is 36.2 Å². The van der Waals surface area contributed by atoms with Gasteiger partial charge in [0, 0.05) is 31.4 Å². The molecule has 0 bridgehead atoms. The van der Waals surface area contributed by atoms with Crippen LogP contribution in [0.3, 0.4) is 0 Å². The number of aryl methyl sites for hydroxylation is 1. The molecule has 1 heterocycles. The van der Waals surface area contributed by atoms with E-state index in [1.165, 1.54) is 27.7 Å². The van der Waals surface area contributed by atoms with E-state index in [4.69, 9.17) is 0 Å². The second kappa shape index (κ2) is 7.00. The number of nitro benzene ring substituents is 1. The van der Waals surface area contributed by atoms with E-state index in [2.05, 4.69) is 10.4 Å². The molecule has 0 aliphatic rings. The van der Waals surface area contributed by atoms with E-state index in [0.29, 0.717) is 12.2 Å². The van der Waals surface area contributed by atoms with Crippen LogP contribution in [0.2, 0.25) is 0 Å². The van der Waals surface area contributed by atoms with Crippen molar-refractivity contribution >= 4 is 11.4 Å². The largest absolute Gasteiger partial charge is 0.385 e. The normalized spacial score (nSPS) is 10.6. The van der Waals surface area contributed by atoms with Crippen molar-refractivity contribution in [2.75, 3.05) is 11.9 Å². The fourth-order valence-corrected chi connectivity index (χ4v) is 2.41. The number of rotatable bonds is 6. The second-order valence-corrected chi connectivity index (χ2v) is 5.58. The number of anilines is 1. The van der Waals surface area contributed by atoms with Gasteiger partial charge in [0.1, 0.15) is 6.33 Å². The molecule has 25 heavy (non-hydrogen) atoms. The molecule has 0 atom stereocenters. The molecule has 0 saturated carbocycles. The predicted molar refractivity (Wildman–Crippen MR) is 94.1 cm³/mol. The standard InChI is InChI=1S/C17H17N5O3/c1-20-12-19-21(17(20)23)15-8-4-14(5-9-15)18-11-10-13-2-6-16(7-3-13)22(24)25/h2-9,12,18H,10-11H2,1H3. The van der Waals surface area contributed by atoms with Gasteiger partial charge in [-0.3, -0.25) is 14.7 Å². The monoisotopic (exact) mass is 339 g/mol. The topological polar surface area (TPSA) is 95.0 Å². The maximum absolute atomic E-state index is 11.9. The molecule has 128 valence electrons. The molecule has 8 heteroatoms. The highest BCUT2D eigenvalue weighted by atomic mass is 16.6. The van der Waals surface area contributed by atoms with Gasteiger partial charge < -0.3 is 5.32 Å². The van der Waals surface area contributed by atoms with Gasteiger partial charge in [0.15, 0.2) is 0 Å². The molecule has 0 aliphatic carbocycles. The smallest absolute Gasteiger partial charge is 0.350 e. The molecule has 3 aromatic rings. The summed E-state index contributed by atoms with van der Waals surface area (Å²) in [5.41, 5.74) is 2.55. The summed E-state index contributed by atoms with van der Waals surface area (Å²) in [6, 6.07) is 13.9. The summed E-state index contributed by atoms with van der Waals surface area (Å²) in [7, 11) is 1.65. The van der Waals surface area contributed by atoms with E-state index >= 15 is 0 Å². The lowest BCUT2D eigenvalue weighted by molar-refractivity contribution is -0.384. The van der Waals surface area contributed by atoms with Crippen LogP contribution in [0.5, 0.6) is 0 Å². The quantitative estimate of drug-likeness (QED) is 0.548. The number of nitrogens with zero attached hydrogens (tertiary/aromatic N) is 4. The summed E-state index contributed by atoms with van der Waals surface area (Å²) in [6.45, 7) is 0.695. The van der Waals surface area contributed by atoms with Gasteiger partial charge in [-0.2, -0.15) is 9.78 Å². The lowest BCUT2D eigenvalue weighted by Crippen LogP contribution is -2.21. The second-order valence-electron chi connectivity index (χ2n) is 5.58. The summed E-state index contributed by atoms with van der Waals surface area (Å²) in [6.07, 6.45) is 2.22. The van der Waals surface area contributed by atoms with Gasteiger partial charge in [0.25, 0.3) is 5.69 Å². The van der Waals surface area contributed by atoms with Gasteiger partial charge in [0.2, 0.25) is 0 Å². The van der Waals surface area contributed by atoms with Crippen LogP contribution in [0.1, 0.15) is 5.56 Å². The van der Waals surface area contributed by atoms with Crippen molar-refractivity contribution in [1.82, 2.24) is 14.3 Å². The first-order chi connectivity index (χ1) is 12.0. The Labute approximate surface area is 143 Å². The zero-order chi connectivity index (χ0) is 17.8. The lowest BCUT2D eigenvalue weighted by atomic mass is 10.1. The third kappa shape index (κ3) is 3.74. The summed E-state index contributed by atoms with van der Waals surface area (Å²) in [5.74, 6) is 0. The van der Waals surface area contributed by atoms with Gasteiger partial charge >= 0.3 is 5.69 Å². The minimum atomic E-state index is -0.406. The number of benzene rings is 2. The van der Waals surface area contributed by atoms with Gasteiger partial charge in [-0.1, -0.05) is 12.1 Å². The van der Waals surface area contributed by atoms with Crippen LogP contribution in [0, 0.1) is 10.1 Å². The van der Waals surface area contributed by atoms with Gasteiger partial charge in [-0.15, -0.1) is 0 Å². The molecule has 0 spiro atoms. The number of hydrogen-bond donors (Lipinski definition) is 1. The highest BCUT2D eigenvalue weighted by molar-refractivity contribution is 5.48. The number of nitrogens with one attached hydrogen (secondary N) is 1. The Bertz CT molecular complexity index is 926. The Hall–Kier alpha value is -3.42. The molecule has 1 N–H and O–H groups in total. The van der Waals surface area contributed by atoms with Crippen LogP contribution in [-0.4, -0.2) is 25.8 Å². The molecule has 0 fully saturated rings. The van der Waals surface area contributed by atoms with Crippen molar-refractivity contribution in [3.8, 4) is 5.69 Å². The minimum absolute atomic E-state index is 0.0945. The third-order valence-corrected chi connectivity index (χ3v) is 3.83. The van der Waals surface area contributed by atoms with Crippen molar-refractivity contribution in [2.45, 2.75) is 6.42 Å². The van der Waals surface area contributed by atoms with Crippen molar-refractivity contribution in [1.29, 1.82) is 0 Å². The number of non-ortho nitro benzene ring substituents is 1. The summed E-state index contributed by atoms with van der Waals surface area (Å²) in [5, 5.41) is 17.9. The van der Waals surface area contributed by atoms with Crippen molar-refractivity contribution in [3.05, 3.63) is 81.0 Å². The first kappa shape index (κ1) is 16.4. The van der Waals surface area contributed by atoms with E-state index in [0.717, 1.165) is 17.7 Å². The molecule has 3 rings (SSSR count). The lowest BCUT2D eigenvalue weighted by Gasteiger charge is -2.07. The summed E-state index contributed by atoms with van der Waals surface area (Å²) < 4.78 is 2.75. The van der Waals surface area contributed by atoms with Crippen molar-refractivity contribution < 1.29 is 4.92 Å². The average molecular weight is 339 g/mol. The molecule has 8 nitrogen and oxygen atoms in total. The number of aromatic nitrogens is 3. The van der Waals surface area contributed by atoms with Crippen LogP contribution in [0.4, 0.5) is 11.4 Å². The fourth-order valence-electron chi connectivity index (χ4n) is 2.41. The van der Waals surface area contributed by atoms with Crippen LogP contribution in [-0.2, 0) is 13.5 Å². The zero-order valence-electron chi connectivity index (χ0n) is 13.6. The highest BCUT2D eigenvalue weighted by Gasteiger charge is 2.05. The Morgan fingerprint density at radius 3 is 2.36 bits per heavy atom. The molecule has 1 aromatic heterocycles. The minimum Gasteiger partial charge on any atom is -0.385 e. The SMILES string of the molecule is Cn1cnn(-c2ccc(NCCc3ccc([N+](=O)[O-])cc3)cc2)c1=O. The average Bonchev–Trinajstić information content (AvgIpc) is 2.95.